The number of sulfonamides is 1. The first kappa shape index (κ1) is 23.2. The summed E-state index contributed by atoms with van der Waals surface area (Å²) in [4.78, 5) is 12.9. The number of nitrogens with zero attached hydrogens (tertiary/aromatic N) is 4. The molecule has 0 bridgehead atoms. The summed E-state index contributed by atoms with van der Waals surface area (Å²) in [6.45, 7) is 4.59. The number of rotatable bonds is 10. The fraction of sp³-hybridized carbons (Fsp3) is 0.208. The van der Waals surface area contributed by atoms with Crippen molar-refractivity contribution in [2.75, 3.05) is 16.6 Å². The van der Waals surface area contributed by atoms with Crippen LogP contribution in [0.4, 0.5) is 17.2 Å². The molecule has 176 valence electrons. The van der Waals surface area contributed by atoms with Crippen molar-refractivity contribution in [2.24, 2.45) is 0 Å². The zero-order valence-corrected chi connectivity index (χ0v) is 19.8. The minimum atomic E-state index is -3.72. The van der Waals surface area contributed by atoms with Crippen LogP contribution in [-0.2, 0) is 10.0 Å². The molecule has 0 aliphatic carbocycles. The van der Waals surface area contributed by atoms with E-state index in [1.165, 1.54) is 18.5 Å². The van der Waals surface area contributed by atoms with Crippen molar-refractivity contribution in [3.8, 4) is 11.6 Å². The van der Waals surface area contributed by atoms with Gasteiger partial charge in [-0.1, -0.05) is 13.3 Å². The Morgan fingerprint density at radius 3 is 2.38 bits per heavy atom. The fourth-order valence-corrected chi connectivity index (χ4v) is 4.26. The van der Waals surface area contributed by atoms with E-state index in [2.05, 4.69) is 31.9 Å². The number of ether oxygens (including phenoxy) is 1. The van der Waals surface area contributed by atoms with Gasteiger partial charge in [0.25, 0.3) is 10.0 Å². The molecule has 0 atom stereocenters. The second-order valence-electron chi connectivity index (χ2n) is 7.59. The number of nitrogens with one attached hydrogen (secondary N) is 2. The molecule has 0 saturated carbocycles. The molecular weight excluding hydrogens is 452 g/mol. The first-order valence-electron chi connectivity index (χ1n) is 10.9. The maximum atomic E-state index is 12.7. The lowest BCUT2D eigenvalue weighted by atomic mass is 10.3. The standard InChI is InChI=1S/C24H26N6O3S/c1-3-4-15-33-21-9-11-22(12-10-21)34(31,32)29-20-7-5-19(6-8-20)28-23-16-24(27-17-26-23)30-14-13-25-18(30)2/h5-14,16-17,29H,3-4,15H2,1-2H3,(H,26,27,28). The molecule has 2 heterocycles. The molecule has 2 N–H and O–H groups in total. The van der Waals surface area contributed by atoms with Gasteiger partial charge in [0.1, 0.15) is 29.5 Å². The van der Waals surface area contributed by atoms with E-state index in [0.29, 0.717) is 29.7 Å². The van der Waals surface area contributed by atoms with E-state index in [0.717, 1.165) is 24.4 Å². The van der Waals surface area contributed by atoms with E-state index < -0.39 is 10.0 Å². The second kappa shape index (κ2) is 10.3. The van der Waals surface area contributed by atoms with E-state index in [4.69, 9.17) is 4.74 Å². The number of imidazole rings is 1. The van der Waals surface area contributed by atoms with Crippen LogP contribution in [0, 0.1) is 6.92 Å². The second-order valence-corrected chi connectivity index (χ2v) is 9.27. The molecule has 4 rings (SSSR count). The molecule has 0 aliphatic rings. The van der Waals surface area contributed by atoms with Gasteiger partial charge in [-0.05, 0) is 61.9 Å². The monoisotopic (exact) mass is 478 g/mol. The molecule has 0 spiro atoms. The minimum absolute atomic E-state index is 0.167. The van der Waals surface area contributed by atoms with Gasteiger partial charge in [-0.25, -0.2) is 23.4 Å². The molecular formula is C24H26N6O3S. The summed E-state index contributed by atoms with van der Waals surface area (Å²) in [7, 11) is -3.72. The van der Waals surface area contributed by atoms with Crippen LogP contribution in [0.2, 0.25) is 0 Å². The van der Waals surface area contributed by atoms with Gasteiger partial charge in [0, 0.05) is 29.8 Å². The molecule has 0 fully saturated rings. The first-order chi connectivity index (χ1) is 16.4. The molecule has 0 radical (unpaired) electrons. The van der Waals surface area contributed by atoms with Crippen LogP contribution < -0.4 is 14.8 Å². The maximum Gasteiger partial charge on any atom is 0.261 e. The summed E-state index contributed by atoms with van der Waals surface area (Å²) in [5.74, 6) is 2.77. The molecule has 0 amide bonds. The number of unbranched alkanes of at least 4 members (excludes halogenated alkanes) is 1. The Hall–Kier alpha value is -3.92. The predicted molar refractivity (Wildman–Crippen MR) is 131 cm³/mol. The van der Waals surface area contributed by atoms with Crippen LogP contribution >= 0.6 is 0 Å². The zero-order valence-electron chi connectivity index (χ0n) is 19.0. The topological polar surface area (TPSA) is 111 Å². The number of benzene rings is 2. The summed E-state index contributed by atoms with van der Waals surface area (Å²) >= 11 is 0. The molecule has 0 saturated heterocycles. The Balaban J connectivity index is 1.40. The molecule has 9 nitrogen and oxygen atoms in total. The van der Waals surface area contributed by atoms with Gasteiger partial charge in [0.05, 0.1) is 11.5 Å². The Bertz CT molecular complexity index is 1340. The van der Waals surface area contributed by atoms with Gasteiger partial charge >= 0.3 is 0 Å². The minimum Gasteiger partial charge on any atom is -0.494 e. The summed E-state index contributed by atoms with van der Waals surface area (Å²) in [6, 6.07) is 15.1. The highest BCUT2D eigenvalue weighted by Gasteiger charge is 2.14. The molecule has 2 aromatic heterocycles. The zero-order chi connectivity index (χ0) is 24.0. The van der Waals surface area contributed by atoms with Gasteiger partial charge < -0.3 is 10.1 Å². The van der Waals surface area contributed by atoms with Crippen LogP contribution in [0.1, 0.15) is 25.6 Å². The molecule has 0 aliphatic heterocycles. The van der Waals surface area contributed by atoms with E-state index in [9.17, 15) is 8.42 Å². The van der Waals surface area contributed by atoms with Gasteiger partial charge in [-0.3, -0.25) is 9.29 Å². The van der Waals surface area contributed by atoms with E-state index >= 15 is 0 Å². The van der Waals surface area contributed by atoms with Crippen LogP contribution in [0.3, 0.4) is 0 Å². The lowest BCUT2D eigenvalue weighted by molar-refractivity contribution is 0.309. The number of anilines is 3. The summed E-state index contributed by atoms with van der Waals surface area (Å²) in [5.41, 5.74) is 1.20. The van der Waals surface area contributed by atoms with Crippen molar-refractivity contribution >= 4 is 27.2 Å². The lowest BCUT2D eigenvalue weighted by Gasteiger charge is -2.11. The first-order valence-corrected chi connectivity index (χ1v) is 12.4. The molecule has 2 aromatic carbocycles. The van der Waals surface area contributed by atoms with E-state index in [1.54, 1.807) is 48.7 Å². The summed E-state index contributed by atoms with van der Waals surface area (Å²) < 4.78 is 35.5. The number of aromatic nitrogens is 4. The third-order valence-electron chi connectivity index (χ3n) is 5.04. The van der Waals surface area contributed by atoms with Crippen molar-refractivity contribution in [1.29, 1.82) is 0 Å². The van der Waals surface area contributed by atoms with Gasteiger partial charge in [-0.2, -0.15) is 0 Å². The van der Waals surface area contributed by atoms with Crippen molar-refractivity contribution < 1.29 is 13.2 Å². The highest BCUT2D eigenvalue weighted by molar-refractivity contribution is 7.92. The van der Waals surface area contributed by atoms with Crippen molar-refractivity contribution in [1.82, 2.24) is 19.5 Å². The molecule has 4 aromatic rings. The van der Waals surface area contributed by atoms with Crippen molar-refractivity contribution in [3.05, 3.63) is 79.1 Å². The Morgan fingerprint density at radius 2 is 1.71 bits per heavy atom. The Morgan fingerprint density at radius 1 is 0.971 bits per heavy atom. The van der Waals surface area contributed by atoms with Crippen LogP contribution in [-0.4, -0.2) is 34.5 Å². The summed E-state index contributed by atoms with van der Waals surface area (Å²) in [5, 5.41) is 3.20. The largest absolute Gasteiger partial charge is 0.494 e. The quantitative estimate of drug-likeness (QED) is 0.318. The van der Waals surface area contributed by atoms with Gasteiger partial charge in [-0.15, -0.1) is 0 Å². The fourth-order valence-electron chi connectivity index (χ4n) is 3.20. The number of aryl methyl sites for hydroxylation is 1. The molecule has 34 heavy (non-hydrogen) atoms. The van der Waals surface area contributed by atoms with Gasteiger partial charge in [0.2, 0.25) is 0 Å². The van der Waals surface area contributed by atoms with Crippen LogP contribution in [0.15, 0.2) is 78.2 Å². The average Bonchev–Trinajstić information content (AvgIpc) is 3.27. The van der Waals surface area contributed by atoms with E-state index in [-0.39, 0.29) is 4.90 Å². The third-order valence-corrected chi connectivity index (χ3v) is 6.43. The van der Waals surface area contributed by atoms with Crippen molar-refractivity contribution in [2.45, 2.75) is 31.6 Å². The lowest BCUT2D eigenvalue weighted by Crippen LogP contribution is -2.12. The van der Waals surface area contributed by atoms with Gasteiger partial charge in [0.15, 0.2) is 0 Å². The van der Waals surface area contributed by atoms with Crippen molar-refractivity contribution in [3.63, 3.8) is 0 Å². The van der Waals surface area contributed by atoms with Crippen LogP contribution in [0.25, 0.3) is 5.82 Å². The maximum absolute atomic E-state index is 12.7. The van der Waals surface area contributed by atoms with E-state index in [1.807, 2.05) is 17.7 Å². The molecule has 10 heteroatoms. The Labute approximate surface area is 198 Å². The number of hydrogen-bond donors (Lipinski definition) is 2. The normalized spacial score (nSPS) is 11.2. The number of hydrogen-bond acceptors (Lipinski definition) is 7. The summed E-state index contributed by atoms with van der Waals surface area (Å²) in [6.07, 6.45) is 7.00. The predicted octanol–water partition coefficient (Wildman–Crippen LogP) is 4.69. The van der Waals surface area contributed by atoms with Crippen LogP contribution in [0.5, 0.6) is 5.75 Å². The highest BCUT2D eigenvalue weighted by Crippen LogP contribution is 2.22. The Kier molecular flexibility index (Phi) is 7.07. The third kappa shape index (κ3) is 5.70. The smallest absolute Gasteiger partial charge is 0.261 e. The molecule has 0 unspecified atom stereocenters. The highest BCUT2D eigenvalue weighted by atomic mass is 32.2. The average molecular weight is 479 g/mol. The SMILES string of the molecule is CCCCOc1ccc(S(=O)(=O)Nc2ccc(Nc3cc(-n4ccnc4C)ncn3)cc2)cc1.